The zero-order chi connectivity index (χ0) is 22.7. The Labute approximate surface area is 178 Å². The number of anilines is 1. The van der Waals surface area contributed by atoms with Gasteiger partial charge >= 0.3 is 5.97 Å². The average molecular weight is 438 g/mol. The van der Waals surface area contributed by atoms with E-state index in [1.54, 1.807) is 0 Å². The van der Waals surface area contributed by atoms with Gasteiger partial charge in [-0.3, -0.25) is 9.36 Å². The number of hydrogen-bond acceptors (Lipinski definition) is 11. The molecule has 0 bridgehead atoms. The summed E-state index contributed by atoms with van der Waals surface area (Å²) in [5, 5.41) is 30.3. The zero-order valence-corrected chi connectivity index (χ0v) is 17.3. The number of carboxylic acids is 1. The van der Waals surface area contributed by atoms with Crippen LogP contribution in [0.2, 0.25) is 0 Å². The number of aromatic nitrogens is 4. The number of carbonyl (C=O) groups is 1. The molecule has 9 N–H and O–H groups in total. The molecule has 31 heavy (non-hydrogen) atoms. The van der Waals surface area contributed by atoms with Gasteiger partial charge in [0.25, 0.3) is 0 Å². The number of aliphatic hydroxyl groups excluding tert-OH is 2. The number of nitrogens with zero attached hydrogens (tertiary/aromatic N) is 5. The second-order valence-corrected chi connectivity index (χ2v) is 7.93. The fourth-order valence-corrected chi connectivity index (χ4v) is 3.55. The number of fused-ring (bicyclic) bond motifs is 1. The molecule has 0 amide bonds. The van der Waals surface area contributed by atoms with E-state index in [0.717, 1.165) is 0 Å². The first-order chi connectivity index (χ1) is 14.7. The van der Waals surface area contributed by atoms with Crippen LogP contribution >= 0.6 is 0 Å². The number of ether oxygens (including phenoxy) is 1. The third-order valence-corrected chi connectivity index (χ3v) is 5.41. The lowest BCUT2D eigenvalue weighted by Crippen LogP contribution is -2.43. The fourth-order valence-electron chi connectivity index (χ4n) is 3.55. The smallest absolute Gasteiger partial charge is 0.320 e. The van der Waals surface area contributed by atoms with Gasteiger partial charge in [0.2, 0.25) is 0 Å². The van der Waals surface area contributed by atoms with Crippen LogP contribution in [0.25, 0.3) is 11.2 Å². The Morgan fingerprint density at radius 1 is 1.23 bits per heavy atom. The van der Waals surface area contributed by atoms with Gasteiger partial charge in [-0.1, -0.05) is 0 Å². The van der Waals surface area contributed by atoms with Crippen LogP contribution in [-0.2, 0) is 9.53 Å². The van der Waals surface area contributed by atoms with Crippen molar-refractivity contribution in [1.82, 2.24) is 24.4 Å². The maximum Gasteiger partial charge on any atom is 0.320 e. The van der Waals surface area contributed by atoms with E-state index in [0.29, 0.717) is 30.7 Å². The van der Waals surface area contributed by atoms with Crippen LogP contribution in [0.4, 0.5) is 5.82 Å². The molecular weight excluding hydrogens is 408 g/mol. The van der Waals surface area contributed by atoms with Gasteiger partial charge in [-0.2, -0.15) is 0 Å². The summed E-state index contributed by atoms with van der Waals surface area (Å²) < 4.78 is 7.48. The van der Waals surface area contributed by atoms with E-state index < -0.39 is 36.6 Å². The van der Waals surface area contributed by atoms with E-state index >= 15 is 0 Å². The normalized spacial score (nSPS) is 25.9. The maximum absolute atomic E-state index is 11.0. The minimum Gasteiger partial charge on any atom is -0.480 e. The van der Waals surface area contributed by atoms with E-state index in [2.05, 4.69) is 15.0 Å². The van der Waals surface area contributed by atoms with Gasteiger partial charge in [0, 0.05) is 19.1 Å². The van der Waals surface area contributed by atoms with Crippen molar-refractivity contribution in [2.45, 2.75) is 56.4 Å². The monoisotopic (exact) mass is 438 g/mol. The average Bonchev–Trinajstić information content (AvgIpc) is 3.26. The molecule has 0 spiro atoms. The molecule has 6 atom stereocenters. The van der Waals surface area contributed by atoms with Crippen molar-refractivity contribution < 1.29 is 24.9 Å². The molecule has 3 rings (SSSR count). The summed E-state index contributed by atoms with van der Waals surface area (Å²) in [4.78, 5) is 25.2. The van der Waals surface area contributed by atoms with Crippen LogP contribution in [0.1, 0.15) is 26.0 Å². The summed E-state index contributed by atoms with van der Waals surface area (Å²) in [6, 6.07) is -1.04. The van der Waals surface area contributed by atoms with Crippen LogP contribution in [0.5, 0.6) is 0 Å². The molecule has 13 heteroatoms. The van der Waals surface area contributed by atoms with Gasteiger partial charge in [0.1, 0.15) is 36.2 Å². The predicted octanol–water partition coefficient (Wildman–Crippen LogP) is -2.13. The summed E-state index contributed by atoms with van der Waals surface area (Å²) in [5.41, 5.74) is 18.0. The lowest BCUT2D eigenvalue weighted by atomic mass is 10.1. The number of aliphatic hydroxyl groups is 2. The molecule has 2 aromatic heterocycles. The van der Waals surface area contributed by atoms with Gasteiger partial charge in [-0.25, -0.2) is 15.0 Å². The van der Waals surface area contributed by atoms with Gasteiger partial charge in [-0.15, -0.1) is 0 Å². The molecule has 0 aromatic carbocycles. The quantitative estimate of drug-likeness (QED) is 0.235. The van der Waals surface area contributed by atoms with Crippen molar-refractivity contribution in [2.24, 2.45) is 11.5 Å². The van der Waals surface area contributed by atoms with E-state index in [-0.39, 0.29) is 24.8 Å². The minimum atomic E-state index is -1.23. The van der Waals surface area contributed by atoms with Crippen molar-refractivity contribution >= 4 is 23.0 Å². The highest BCUT2D eigenvalue weighted by Crippen LogP contribution is 2.32. The number of carboxylic acid groups (broad SMARTS) is 1. The number of aliphatic carboxylic acids is 1. The van der Waals surface area contributed by atoms with Crippen molar-refractivity contribution in [3.63, 3.8) is 0 Å². The Hall–Kier alpha value is -2.42. The van der Waals surface area contributed by atoms with Gasteiger partial charge in [0.05, 0.1) is 6.33 Å². The van der Waals surface area contributed by atoms with Crippen molar-refractivity contribution in [3.8, 4) is 0 Å². The fraction of sp³-hybridized carbons (Fsp3) is 0.667. The van der Waals surface area contributed by atoms with Gasteiger partial charge < -0.3 is 42.2 Å². The third kappa shape index (κ3) is 5.26. The number of nitrogens with two attached hydrogens (primary N) is 3. The first-order valence-corrected chi connectivity index (χ1v) is 10.1. The van der Waals surface area contributed by atoms with Gasteiger partial charge in [-0.05, 0) is 26.3 Å². The highest BCUT2D eigenvalue weighted by molar-refractivity contribution is 5.81. The highest BCUT2D eigenvalue weighted by Gasteiger charge is 2.44. The van der Waals surface area contributed by atoms with Crippen LogP contribution in [-0.4, -0.2) is 95.7 Å². The van der Waals surface area contributed by atoms with Gasteiger partial charge in [0.15, 0.2) is 17.7 Å². The number of rotatable bonds is 10. The molecule has 1 aliphatic heterocycles. The molecule has 172 valence electrons. The van der Waals surface area contributed by atoms with E-state index in [1.807, 2.05) is 11.8 Å². The number of hydrogen-bond donors (Lipinski definition) is 6. The molecule has 1 aliphatic rings. The Morgan fingerprint density at radius 2 is 1.94 bits per heavy atom. The Balaban J connectivity index is 1.72. The second-order valence-electron chi connectivity index (χ2n) is 7.93. The summed E-state index contributed by atoms with van der Waals surface area (Å²) >= 11 is 0. The SMILES string of the molecule is C[C@@H](N)CCN(CC[C@H](N)C(=O)O)C[C@H]1O[C@@H](n2cnc3c(N)ncnc32)[C@H](O)[C@@H]1O. The highest BCUT2D eigenvalue weighted by atomic mass is 16.6. The standard InChI is InChI=1S/C18H30N8O5/c1-9(19)2-4-25(5-3-10(20)18(29)30)6-11-13(27)14(28)17(31-11)26-8-24-12-15(21)22-7-23-16(12)26/h7-11,13-14,17,27-28H,2-6,19-20H2,1H3,(H,29,30)(H2,21,22,23)/t9-,10+,11-,13-,14-,17-/m1/s1. The second kappa shape index (κ2) is 9.80. The topological polar surface area (TPSA) is 212 Å². The lowest BCUT2D eigenvalue weighted by Gasteiger charge is -2.27. The summed E-state index contributed by atoms with van der Waals surface area (Å²) in [5.74, 6) is -0.877. The number of nitrogen functional groups attached to an aromatic ring is 1. The molecule has 2 aromatic rings. The molecule has 0 aliphatic carbocycles. The summed E-state index contributed by atoms with van der Waals surface area (Å²) in [7, 11) is 0. The largest absolute Gasteiger partial charge is 0.480 e. The predicted molar refractivity (Wildman–Crippen MR) is 111 cm³/mol. The molecule has 0 radical (unpaired) electrons. The molecule has 0 unspecified atom stereocenters. The Kier molecular flexibility index (Phi) is 7.35. The van der Waals surface area contributed by atoms with Crippen LogP contribution in [0.15, 0.2) is 12.7 Å². The van der Waals surface area contributed by atoms with E-state index in [4.69, 9.17) is 27.0 Å². The van der Waals surface area contributed by atoms with Crippen LogP contribution < -0.4 is 17.2 Å². The Morgan fingerprint density at radius 3 is 2.61 bits per heavy atom. The van der Waals surface area contributed by atoms with E-state index in [1.165, 1.54) is 17.2 Å². The van der Waals surface area contributed by atoms with Crippen LogP contribution in [0.3, 0.4) is 0 Å². The molecular formula is C18H30N8O5. The number of imidazole rings is 1. The maximum atomic E-state index is 11.0. The van der Waals surface area contributed by atoms with Crippen molar-refractivity contribution in [2.75, 3.05) is 25.4 Å². The van der Waals surface area contributed by atoms with Crippen LogP contribution in [0, 0.1) is 0 Å². The third-order valence-electron chi connectivity index (χ3n) is 5.41. The first-order valence-electron chi connectivity index (χ1n) is 10.1. The zero-order valence-electron chi connectivity index (χ0n) is 17.3. The molecule has 0 saturated carbocycles. The molecule has 13 nitrogen and oxygen atoms in total. The van der Waals surface area contributed by atoms with E-state index in [9.17, 15) is 15.0 Å². The first kappa shape index (κ1) is 23.2. The van der Waals surface area contributed by atoms with Crippen molar-refractivity contribution in [3.05, 3.63) is 12.7 Å². The molecule has 1 fully saturated rings. The summed E-state index contributed by atoms with van der Waals surface area (Å²) in [6.07, 6.45) is -0.445. The lowest BCUT2D eigenvalue weighted by molar-refractivity contribution is -0.138. The molecule has 3 heterocycles. The minimum absolute atomic E-state index is 0.0501. The van der Waals surface area contributed by atoms with Crippen molar-refractivity contribution in [1.29, 1.82) is 0 Å². The Bertz CT molecular complexity index is 893. The molecule has 1 saturated heterocycles. The summed E-state index contributed by atoms with van der Waals surface area (Å²) in [6.45, 7) is 3.08.